The molecule has 3 aromatic rings. The van der Waals surface area contributed by atoms with Crippen molar-refractivity contribution in [2.75, 3.05) is 5.73 Å². The highest BCUT2D eigenvalue weighted by atomic mass is 127. The lowest BCUT2D eigenvalue weighted by molar-refractivity contribution is 0.883. The molecule has 0 saturated carbocycles. The number of anilines is 1. The number of hydrogen-bond donors (Lipinski definition) is 1. The molecule has 0 amide bonds. The monoisotopic (exact) mass is 361 g/mol. The van der Waals surface area contributed by atoms with Gasteiger partial charge in [0.15, 0.2) is 0 Å². The molecule has 4 heteroatoms. The molecule has 94 valence electrons. The minimum absolute atomic E-state index is 0.731. The van der Waals surface area contributed by atoms with Gasteiger partial charge in [0.05, 0.1) is 17.6 Å². The summed E-state index contributed by atoms with van der Waals surface area (Å²) in [5, 5.41) is 4.39. The molecule has 0 radical (unpaired) electrons. The van der Waals surface area contributed by atoms with Crippen LogP contribution < -0.4 is 5.73 Å². The number of aromatic nitrogens is 2. The quantitative estimate of drug-likeness (QED) is 0.559. The molecule has 0 aliphatic heterocycles. The van der Waals surface area contributed by atoms with E-state index in [-0.39, 0.29) is 0 Å². The first kappa shape index (κ1) is 12.2. The van der Waals surface area contributed by atoms with Gasteiger partial charge in [-0.3, -0.25) is 0 Å². The van der Waals surface area contributed by atoms with Crippen molar-refractivity contribution in [1.82, 2.24) is 9.78 Å². The first-order chi connectivity index (χ1) is 9.24. The van der Waals surface area contributed by atoms with Crippen LogP contribution in [0.3, 0.4) is 0 Å². The lowest BCUT2D eigenvalue weighted by atomic mass is 10.1. The number of nitrogen functional groups attached to an aromatic ring is 1. The molecule has 3 nitrogen and oxygen atoms in total. The maximum absolute atomic E-state index is 6.04. The van der Waals surface area contributed by atoms with Crippen LogP contribution in [0.2, 0.25) is 0 Å². The Balaban J connectivity index is 2.02. The number of nitrogens with zero attached hydrogens (tertiary/aromatic N) is 2. The molecule has 0 bridgehead atoms. The van der Waals surface area contributed by atoms with Crippen molar-refractivity contribution in [3.8, 4) is 16.8 Å². The zero-order chi connectivity index (χ0) is 13.2. The Labute approximate surface area is 125 Å². The number of nitrogens with two attached hydrogens (primary N) is 1. The third kappa shape index (κ3) is 2.49. The van der Waals surface area contributed by atoms with E-state index in [1.165, 1.54) is 0 Å². The fourth-order valence-electron chi connectivity index (χ4n) is 1.97. The molecule has 2 aromatic carbocycles. The van der Waals surface area contributed by atoms with Gasteiger partial charge < -0.3 is 5.73 Å². The summed E-state index contributed by atoms with van der Waals surface area (Å²) in [6.07, 6.45) is 3.85. The van der Waals surface area contributed by atoms with Crippen LogP contribution in [0.4, 0.5) is 5.69 Å². The third-order valence-electron chi connectivity index (χ3n) is 2.93. The molecule has 2 N–H and O–H groups in total. The largest absolute Gasteiger partial charge is 0.397 e. The summed E-state index contributed by atoms with van der Waals surface area (Å²) in [4.78, 5) is 0. The number of hydrogen-bond acceptors (Lipinski definition) is 2. The van der Waals surface area contributed by atoms with Crippen molar-refractivity contribution in [3.05, 3.63) is 64.5 Å². The molecule has 0 fully saturated rings. The summed E-state index contributed by atoms with van der Waals surface area (Å²) in [7, 11) is 0. The van der Waals surface area contributed by atoms with Crippen LogP contribution in [0.15, 0.2) is 60.9 Å². The molecule has 19 heavy (non-hydrogen) atoms. The SMILES string of the molecule is Nc1cc(I)ccc1-n1cc(-c2ccccc2)cn1. The van der Waals surface area contributed by atoms with E-state index in [0.29, 0.717) is 0 Å². The van der Waals surface area contributed by atoms with Gasteiger partial charge in [0.25, 0.3) is 0 Å². The van der Waals surface area contributed by atoms with Gasteiger partial charge in [0.1, 0.15) is 0 Å². The molecule has 3 rings (SSSR count). The van der Waals surface area contributed by atoms with Crippen LogP contribution in [-0.2, 0) is 0 Å². The average molecular weight is 361 g/mol. The molecular formula is C15H12IN3. The maximum atomic E-state index is 6.04. The Morgan fingerprint density at radius 3 is 2.53 bits per heavy atom. The van der Waals surface area contributed by atoms with E-state index in [1.807, 2.05) is 53.5 Å². The smallest absolute Gasteiger partial charge is 0.0875 e. The minimum atomic E-state index is 0.731. The normalized spacial score (nSPS) is 10.6. The van der Waals surface area contributed by atoms with Crippen LogP contribution in [-0.4, -0.2) is 9.78 Å². The van der Waals surface area contributed by atoms with Crippen molar-refractivity contribution >= 4 is 28.3 Å². The highest BCUT2D eigenvalue weighted by Gasteiger charge is 2.06. The zero-order valence-corrected chi connectivity index (χ0v) is 12.3. The highest BCUT2D eigenvalue weighted by molar-refractivity contribution is 14.1. The lowest BCUT2D eigenvalue weighted by Gasteiger charge is -2.05. The Bertz CT molecular complexity index is 704. The second-order valence-corrected chi connectivity index (χ2v) is 5.49. The van der Waals surface area contributed by atoms with Gasteiger partial charge in [-0.1, -0.05) is 30.3 Å². The van der Waals surface area contributed by atoms with Gasteiger partial charge in [-0.25, -0.2) is 4.68 Å². The zero-order valence-electron chi connectivity index (χ0n) is 10.1. The predicted octanol–water partition coefficient (Wildman–Crippen LogP) is 3.73. The van der Waals surface area contributed by atoms with Crippen LogP contribution in [0.5, 0.6) is 0 Å². The van der Waals surface area contributed by atoms with Gasteiger partial charge in [-0.15, -0.1) is 0 Å². The van der Waals surface area contributed by atoms with Crippen molar-refractivity contribution in [1.29, 1.82) is 0 Å². The number of benzene rings is 2. The highest BCUT2D eigenvalue weighted by Crippen LogP contribution is 2.23. The molecule has 1 heterocycles. The standard InChI is InChI=1S/C15H12IN3/c16-13-6-7-15(14(17)8-13)19-10-12(9-18-19)11-4-2-1-3-5-11/h1-10H,17H2. The molecule has 0 unspecified atom stereocenters. The topological polar surface area (TPSA) is 43.8 Å². The summed E-state index contributed by atoms with van der Waals surface area (Å²) in [5.74, 6) is 0. The summed E-state index contributed by atoms with van der Waals surface area (Å²) >= 11 is 2.25. The summed E-state index contributed by atoms with van der Waals surface area (Å²) in [6.45, 7) is 0. The number of rotatable bonds is 2. The first-order valence-corrected chi connectivity index (χ1v) is 6.97. The summed E-state index contributed by atoms with van der Waals surface area (Å²) < 4.78 is 2.93. The van der Waals surface area contributed by atoms with E-state index in [0.717, 1.165) is 26.1 Å². The molecule has 0 aliphatic rings. The Morgan fingerprint density at radius 2 is 1.79 bits per heavy atom. The van der Waals surface area contributed by atoms with Gasteiger partial charge in [-0.05, 0) is 46.4 Å². The van der Waals surface area contributed by atoms with Gasteiger partial charge in [0, 0.05) is 15.3 Å². The van der Waals surface area contributed by atoms with Gasteiger partial charge in [0.2, 0.25) is 0 Å². The van der Waals surface area contributed by atoms with Crippen molar-refractivity contribution in [3.63, 3.8) is 0 Å². The fraction of sp³-hybridized carbons (Fsp3) is 0. The van der Waals surface area contributed by atoms with E-state index in [9.17, 15) is 0 Å². The summed E-state index contributed by atoms with van der Waals surface area (Å²) in [6, 6.07) is 16.1. The van der Waals surface area contributed by atoms with E-state index in [4.69, 9.17) is 5.73 Å². The van der Waals surface area contributed by atoms with Crippen LogP contribution in [0.1, 0.15) is 0 Å². The molecule has 1 aromatic heterocycles. The van der Waals surface area contributed by atoms with Crippen LogP contribution in [0, 0.1) is 3.57 Å². The molecular weight excluding hydrogens is 349 g/mol. The van der Waals surface area contributed by atoms with Crippen molar-refractivity contribution in [2.24, 2.45) is 0 Å². The molecule has 0 spiro atoms. The first-order valence-electron chi connectivity index (χ1n) is 5.89. The van der Waals surface area contributed by atoms with Crippen LogP contribution >= 0.6 is 22.6 Å². The molecule has 0 aliphatic carbocycles. The summed E-state index contributed by atoms with van der Waals surface area (Å²) in [5.41, 5.74) is 9.90. The van der Waals surface area contributed by atoms with Gasteiger partial charge in [-0.2, -0.15) is 5.10 Å². The lowest BCUT2D eigenvalue weighted by Crippen LogP contribution is -2.00. The maximum Gasteiger partial charge on any atom is 0.0875 e. The predicted molar refractivity (Wildman–Crippen MR) is 86.1 cm³/mol. The van der Waals surface area contributed by atoms with E-state index < -0.39 is 0 Å². The fourth-order valence-corrected chi connectivity index (χ4v) is 2.48. The van der Waals surface area contributed by atoms with E-state index in [2.05, 4.69) is 39.8 Å². The Hall–Kier alpha value is -1.82. The van der Waals surface area contributed by atoms with E-state index in [1.54, 1.807) is 0 Å². The average Bonchev–Trinajstić information content (AvgIpc) is 2.89. The Morgan fingerprint density at radius 1 is 1.00 bits per heavy atom. The molecule has 0 atom stereocenters. The van der Waals surface area contributed by atoms with Crippen LogP contribution in [0.25, 0.3) is 16.8 Å². The number of halogens is 1. The van der Waals surface area contributed by atoms with Crippen molar-refractivity contribution < 1.29 is 0 Å². The van der Waals surface area contributed by atoms with Crippen molar-refractivity contribution in [2.45, 2.75) is 0 Å². The minimum Gasteiger partial charge on any atom is -0.397 e. The Kier molecular flexibility index (Phi) is 3.25. The third-order valence-corrected chi connectivity index (χ3v) is 3.60. The second kappa shape index (κ2) is 5.05. The molecule has 0 saturated heterocycles. The van der Waals surface area contributed by atoms with Gasteiger partial charge >= 0.3 is 0 Å². The second-order valence-electron chi connectivity index (χ2n) is 4.24. The van der Waals surface area contributed by atoms with E-state index >= 15 is 0 Å².